The second kappa shape index (κ2) is 7.04. The first-order chi connectivity index (χ1) is 8.84. The highest BCUT2D eigenvalue weighted by Crippen LogP contribution is 2.09. The fourth-order valence-corrected chi connectivity index (χ4v) is 1.71. The predicted molar refractivity (Wildman–Crippen MR) is 75.8 cm³/mol. The second-order valence-electron chi connectivity index (χ2n) is 3.95. The Morgan fingerprint density at radius 1 is 0.944 bits per heavy atom. The van der Waals surface area contributed by atoms with Gasteiger partial charge < -0.3 is 10.1 Å². The van der Waals surface area contributed by atoms with Gasteiger partial charge in [-0.3, -0.25) is 0 Å². The van der Waals surface area contributed by atoms with Crippen LogP contribution in [-0.2, 0) is 11.3 Å². The molecule has 0 aliphatic rings. The Bertz CT molecular complexity index is 403. The van der Waals surface area contributed by atoms with Crippen molar-refractivity contribution in [3.8, 4) is 0 Å². The highest BCUT2D eigenvalue weighted by Gasteiger charge is 2.04. The van der Waals surface area contributed by atoms with Gasteiger partial charge in [0, 0.05) is 5.69 Å². The molecule has 0 fully saturated rings. The van der Waals surface area contributed by atoms with E-state index in [1.54, 1.807) is 0 Å². The van der Waals surface area contributed by atoms with Crippen LogP contribution in [0.25, 0.3) is 0 Å². The average molecular weight is 262 g/mol. The van der Waals surface area contributed by atoms with Crippen LogP contribution in [-0.4, -0.2) is 12.1 Å². The van der Waals surface area contributed by atoms with Gasteiger partial charge in [-0.2, -0.15) is 0 Å². The maximum Gasteiger partial charge on any atom is 0.148 e. The third kappa shape index (κ3) is 4.40. The lowest BCUT2D eigenvalue weighted by Crippen LogP contribution is -2.17. The molecule has 0 radical (unpaired) electrons. The molecule has 18 heavy (non-hydrogen) atoms. The number of hydrogen-bond acceptors (Lipinski definition) is 2. The van der Waals surface area contributed by atoms with Crippen LogP contribution in [0.4, 0.5) is 5.69 Å². The van der Waals surface area contributed by atoms with Crippen LogP contribution in [0.1, 0.15) is 5.56 Å². The predicted octanol–water partition coefficient (Wildman–Crippen LogP) is 3.88. The molecule has 2 aromatic rings. The lowest BCUT2D eigenvalue weighted by atomic mass is 10.2. The Kier molecular flexibility index (Phi) is 5.06. The van der Waals surface area contributed by atoms with Gasteiger partial charge in [-0.05, 0) is 17.7 Å². The Morgan fingerprint density at radius 3 is 2.22 bits per heavy atom. The molecule has 1 atom stereocenters. The summed E-state index contributed by atoms with van der Waals surface area (Å²) in [5, 5.41) is 3.22. The van der Waals surface area contributed by atoms with Crippen LogP contribution >= 0.6 is 11.6 Å². The minimum atomic E-state index is -0.342. The van der Waals surface area contributed by atoms with E-state index < -0.39 is 0 Å². The summed E-state index contributed by atoms with van der Waals surface area (Å²) in [5.41, 5.74) is 1.83. The van der Waals surface area contributed by atoms with E-state index in [1.165, 1.54) is 0 Å². The molecule has 0 heterocycles. The molecule has 2 aromatic carbocycles. The molecular weight excluding hydrogens is 246 g/mol. The Hall–Kier alpha value is -1.51. The third-order valence-corrected chi connectivity index (χ3v) is 2.79. The molecule has 0 bridgehead atoms. The SMILES string of the molecule is ClC(CNc1ccccc1)OCc1ccccc1. The van der Waals surface area contributed by atoms with Gasteiger partial charge in [-0.25, -0.2) is 0 Å². The molecule has 0 aliphatic heterocycles. The van der Waals surface area contributed by atoms with E-state index >= 15 is 0 Å². The van der Waals surface area contributed by atoms with Crippen molar-refractivity contribution in [2.24, 2.45) is 0 Å². The first-order valence-corrected chi connectivity index (χ1v) is 6.37. The fourth-order valence-electron chi connectivity index (χ4n) is 1.57. The fraction of sp³-hybridized carbons (Fsp3) is 0.200. The normalized spacial score (nSPS) is 12.1. The molecule has 2 nitrogen and oxygen atoms in total. The molecule has 2 rings (SSSR count). The molecule has 1 N–H and O–H groups in total. The van der Waals surface area contributed by atoms with Gasteiger partial charge in [0.25, 0.3) is 0 Å². The minimum absolute atomic E-state index is 0.342. The molecule has 0 aliphatic carbocycles. The van der Waals surface area contributed by atoms with E-state index in [2.05, 4.69) is 5.32 Å². The van der Waals surface area contributed by atoms with Crippen LogP contribution in [0.15, 0.2) is 60.7 Å². The van der Waals surface area contributed by atoms with Crippen LogP contribution in [0.3, 0.4) is 0 Å². The van der Waals surface area contributed by atoms with E-state index in [4.69, 9.17) is 16.3 Å². The minimum Gasteiger partial charge on any atom is -0.381 e. The van der Waals surface area contributed by atoms with E-state index in [9.17, 15) is 0 Å². The Balaban J connectivity index is 1.71. The van der Waals surface area contributed by atoms with Crippen LogP contribution in [0.2, 0.25) is 0 Å². The maximum atomic E-state index is 6.10. The van der Waals surface area contributed by atoms with E-state index in [-0.39, 0.29) is 5.56 Å². The Labute approximate surface area is 113 Å². The largest absolute Gasteiger partial charge is 0.381 e. The van der Waals surface area contributed by atoms with E-state index in [0.717, 1.165) is 11.3 Å². The summed E-state index contributed by atoms with van der Waals surface area (Å²) in [6, 6.07) is 20.0. The molecule has 0 saturated carbocycles. The molecule has 94 valence electrons. The molecular formula is C15H16ClNO. The van der Waals surface area contributed by atoms with E-state index in [1.807, 2.05) is 60.7 Å². The van der Waals surface area contributed by atoms with Crippen LogP contribution < -0.4 is 5.32 Å². The number of anilines is 1. The highest BCUT2D eigenvalue weighted by molar-refractivity contribution is 6.20. The number of halogens is 1. The number of para-hydroxylation sites is 1. The molecule has 1 unspecified atom stereocenters. The van der Waals surface area contributed by atoms with Crippen molar-refractivity contribution in [1.29, 1.82) is 0 Å². The maximum absolute atomic E-state index is 6.10. The number of rotatable bonds is 6. The first kappa shape index (κ1) is 12.9. The second-order valence-corrected chi connectivity index (χ2v) is 4.44. The monoisotopic (exact) mass is 261 g/mol. The lowest BCUT2D eigenvalue weighted by molar-refractivity contribution is 0.102. The molecule has 0 amide bonds. The van der Waals surface area contributed by atoms with Crippen molar-refractivity contribution in [2.45, 2.75) is 12.2 Å². The van der Waals surface area contributed by atoms with Gasteiger partial charge >= 0.3 is 0 Å². The van der Waals surface area contributed by atoms with Crippen molar-refractivity contribution in [3.05, 3.63) is 66.2 Å². The zero-order valence-electron chi connectivity index (χ0n) is 10.1. The molecule has 3 heteroatoms. The van der Waals surface area contributed by atoms with Crippen molar-refractivity contribution in [1.82, 2.24) is 0 Å². The summed E-state index contributed by atoms with van der Waals surface area (Å²) in [7, 11) is 0. The van der Waals surface area contributed by atoms with Gasteiger partial charge in [0.2, 0.25) is 0 Å². The summed E-state index contributed by atoms with van der Waals surface area (Å²) < 4.78 is 5.55. The van der Waals surface area contributed by atoms with Gasteiger partial charge in [0.15, 0.2) is 0 Å². The van der Waals surface area contributed by atoms with Crippen molar-refractivity contribution < 1.29 is 4.74 Å². The quantitative estimate of drug-likeness (QED) is 0.797. The summed E-state index contributed by atoms with van der Waals surface area (Å²) >= 11 is 6.10. The number of alkyl halides is 1. The highest BCUT2D eigenvalue weighted by atomic mass is 35.5. The lowest BCUT2D eigenvalue weighted by Gasteiger charge is -2.13. The Morgan fingerprint density at radius 2 is 1.56 bits per heavy atom. The van der Waals surface area contributed by atoms with Gasteiger partial charge in [0.05, 0.1) is 13.2 Å². The summed E-state index contributed by atoms with van der Waals surface area (Å²) in [6.07, 6.45) is 0. The van der Waals surface area contributed by atoms with Gasteiger partial charge in [0.1, 0.15) is 5.56 Å². The summed E-state index contributed by atoms with van der Waals surface area (Å²) in [4.78, 5) is 0. The number of benzene rings is 2. The van der Waals surface area contributed by atoms with Gasteiger partial charge in [-0.1, -0.05) is 60.1 Å². The number of hydrogen-bond donors (Lipinski definition) is 1. The zero-order valence-corrected chi connectivity index (χ0v) is 10.8. The smallest absolute Gasteiger partial charge is 0.148 e. The zero-order chi connectivity index (χ0) is 12.6. The molecule has 0 spiro atoms. The van der Waals surface area contributed by atoms with E-state index in [0.29, 0.717) is 13.2 Å². The molecule has 0 aromatic heterocycles. The summed E-state index contributed by atoms with van der Waals surface area (Å²) in [6.45, 7) is 1.11. The van der Waals surface area contributed by atoms with Crippen molar-refractivity contribution in [2.75, 3.05) is 11.9 Å². The average Bonchev–Trinajstić information content (AvgIpc) is 2.45. The standard InChI is InChI=1S/C15H16ClNO/c16-15(11-17-14-9-5-2-6-10-14)18-12-13-7-3-1-4-8-13/h1-10,15,17H,11-12H2. The third-order valence-electron chi connectivity index (χ3n) is 2.51. The molecule has 0 saturated heterocycles. The van der Waals surface area contributed by atoms with Crippen molar-refractivity contribution >= 4 is 17.3 Å². The topological polar surface area (TPSA) is 21.3 Å². The number of nitrogens with one attached hydrogen (secondary N) is 1. The number of ether oxygens (including phenoxy) is 1. The van der Waals surface area contributed by atoms with Crippen molar-refractivity contribution in [3.63, 3.8) is 0 Å². The first-order valence-electron chi connectivity index (χ1n) is 5.93. The summed E-state index contributed by atoms with van der Waals surface area (Å²) in [5.74, 6) is 0. The van der Waals surface area contributed by atoms with Crippen LogP contribution in [0, 0.1) is 0 Å². The van der Waals surface area contributed by atoms with Gasteiger partial charge in [-0.15, -0.1) is 0 Å². The van der Waals surface area contributed by atoms with Crippen LogP contribution in [0.5, 0.6) is 0 Å².